The van der Waals surface area contributed by atoms with Crippen LogP contribution in [0.3, 0.4) is 0 Å². The van der Waals surface area contributed by atoms with Crippen molar-refractivity contribution in [3.05, 3.63) is 59.3 Å². The summed E-state index contributed by atoms with van der Waals surface area (Å²) < 4.78 is 2.24. The van der Waals surface area contributed by atoms with Crippen molar-refractivity contribution in [2.75, 3.05) is 18.0 Å². The Labute approximate surface area is 170 Å². The Morgan fingerprint density at radius 2 is 1.89 bits per heavy atom. The van der Waals surface area contributed by atoms with Crippen molar-refractivity contribution in [2.24, 2.45) is 0 Å². The zero-order valence-electron chi connectivity index (χ0n) is 15.9. The first-order chi connectivity index (χ1) is 13.8. The molecule has 0 saturated carbocycles. The molecule has 6 heteroatoms. The monoisotopic (exact) mass is 393 g/mol. The lowest BCUT2D eigenvalue weighted by Gasteiger charge is -2.35. The Balaban J connectivity index is 1.47. The fraction of sp³-hybridized carbons (Fsp3) is 0.409. The lowest BCUT2D eigenvalue weighted by molar-refractivity contribution is 0.394. The van der Waals surface area contributed by atoms with Crippen LogP contribution < -0.4 is 4.90 Å². The highest BCUT2D eigenvalue weighted by Crippen LogP contribution is 2.34. The quantitative estimate of drug-likeness (QED) is 0.646. The van der Waals surface area contributed by atoms with Crippen molar-refractivity contribution in [2.45, 2.75) is 44.6 Å². The Kier molecular flexibility index (Phi) is 4.77. The van der Waals surface area contributed by atoms with Gasteiger partial charge in [0.2, 0.25) is 0 Å². The smallest absolute Gasteiger partial charge is 0.161 e. The first kappa shape index (κ1) is 17.7. The van der Waals surface area contributed by atoms with Crippen molar-refractivity contribution in [3.63, 3.8) is 0 Å². The maximum atomic E-state index is 6.22. The van der Waals surface area contributed by atoms with Crippen LogP contribution in [0.4, 0.5) is 5.82 Å². The van der Waals surface area contributed by atoms with Crippen LogP contribution in [-0.4, -0.2) is 32.6 Å². The number of rotatable bonds is 3. The average Bonchev–Trinajstić information content (AvgIpc) is 3.28. The Morgan fingerprint density at radius 3 is 2.68 bits per heavy atom. The van der Waals surface area contributed by atoms with Crippen LogP contribution in [0.5, 0.6) is 0 Å². The van der Waals surface area contributed by atoms with Gasteiger partial charge in [-0.1, -0.05) is 23.7 Å². The van der Waals surface area contributed by atoms with Gasteiger partial charge < -0.3 is 9.47 Å². The normalized spacial score (nSPS) is 17.5. The number of hydrogen-bond donors (Lipinski definition) is 0. The molecular formula is C22H24ClN5. The maximum Gasteiger partial charge on any atom is 0.161 e. The van der Waals surface area contributed by atoms with E-state index < -0.39 is 0 Å². The van der Waals surface area contributed by atoms with Crippen LogP contribution in [-0.2, 0) is 12.8 Å². The zero-order chi connectivity index (χ0) is 18.9. The van der Waals surface area contributed by atoms with Crippen molar-refractivity contribution >= 4 is 17.4 Å². The zero-order valence-corrected chi connectivity index (χ0v) is 16.6. The number of nitrogens with zero attached hydrogens (tertiary/aromatic N) is 5. The van der Waals surface area contributed by atoms with E-state index in [9.17, 15) is 0 Å². The van der Waals surface area contributed by atoms with Crippen LogP contribution >= 0.6 is 11.6 Å². The number of halogens is 1. The van der Waals surface area contributed by atoms with E-state index in [1.807, 2.05) is 36.8 Å². The number of fused-ring (bicyclic) bond motifs is 1. The molecule has 0 amide bonds. The van der Waals surface area contributed by atoms with E-state index in [0.29, 0.717) is 6.04 Å². The third-order valence-electron chi connectivity index (χ3n) is 5.95. The van der Waals surface area contributed by atoms with Crippen molar-refractivity contribution in [1.82, 2.24) is 19.5 Å². The molecule has 28 heavy (non-hydrogen) atoms. The minimum Gasteiger partial charge on any atom is -0.356 e. The number of aromatic nitrogens is 4. The summed E-state index contributed by atoms with van der Waals surface area (Å²) in [7, 11) is 0. The first-order valence-electron chi connectivity index (χ1n) is 10.2. The van der Waals surface area contributed by atoms with Crippen molar-refractivity contribution in [3.8, 4) is 11.4 Å². The molecule has 1 saturated heterocycles. The highest BCUT2D eigenvalue weighted by Gasteiger charge is 2.26. The van der Waals surface area contributed by atoms with E-state index in [0.717, 1.165) is 61.0 Å². The summed E-state index contributed by atoms with van der Waals surface area (Å²) >= 11 is 6.22. The van der Waals surface area contributed by atoms with Gasteiger partial charge in [-0.05, 0) is 50.7 Å². The molecule has 5 rings (SSSR count). The van der Waals surface area contributed by atoms with E-state index in [-0.39, 0.29) is 0 Å². The summed E-state index contributed by atoms with van der Waals surface area (Å²) in [5.41, 5.74) is 3.58. The van der Waals surface area contributed by atoms with Gasteiger partial charge in [0.1, 0.15) is 5.82 Å². The molecule has 1 aliphatic carbocycles. The molecule has 0 N–H and O–H groups in total. The minimum absolute atomic E-state index is 0.531. The third kappa shape index (κ3) is 3.39. The van der Waals surface area contributed by atoms with Gasteiger partial charge in [-0.3, -0.25) is 0 Å². The molecule has 1 aliphatic heterocycles. The molecule has 0 unspecified atom stereocenters. The van der Waals surface area contributed by atoms with Crippen molar-refractivity contribution in [1.29, 1.82) is 0 Å². The fourth-order valence-corrected chi connectivity index (χ4v) is 4.64. The highest BCUT2D eigenvalue weighted by molar-refractivity contribution is 6.30. The third-order valence-corrected chi connectivity index (χ3v) is 6.19. The lowest BCUT2D eigenvalue weighted by Crippen LogP contribution is -2.36. The van der Waals surface area contributed by atoms with Gasteiger partial charge in [-0.25, -0.2) is 15.0 Å². The van der Waals surface area contributed by atoms with Gasteiger partial charge >= 0.3 is 0 Å². The van der Waals surface area contributed by atoms with Crippen molar-refractivity contribution < 1.29 is 0 Å². The van der Waals surface area contributed by atoms with Crippen LogP contribution in [0.1, 0.15) is 43.0 Å². The van der Waals surface area contributed by atoms with E-state index >= 15 is 0 Å². The number of anilines is 1. The molecule has 3 aromatic rings. The molecule has 3 heterocycles. The topological polar surface area (TPSA) is 46.8 Å². The average molecular weight is 394 g/mol. The molecule has 144 valence electrons. The molecule has 2 aromatic heterocycles. The van der Waals surface area contributed by atoms with Crippen LogP contribution in [0, 0.1) is 0 Å². The van der Waals surface area contributed by atoms with Gasteiger partial charge in [0.05, 0.1) is 6.33 Å². The second-order valence-electron chi connectivity index (χ2n) is 7.74. The Morgan fingerprint density at radius 1 is 1.04 bits per heavy atom. The summed E-state index contributed by atoms with van der Waals surface area (Å²) in [5.74, 6) is 1.94. The second kappa shape index (κ2) is 7.55. The van der Waals surface area contributed by atoms with Crippen LogP contribution in [0.15, 0.2) is 43.0 Å². The Bertz CT molecular complexity index is 961. The van der Waals surface area contributed by atoms with Gasteiger partial charge in [0.15, 0.2) is 5.82 Å². The molecule has 0 atom stereocenters. The van der Waals surface area contributed by atoms with E-state index in [4.69, 9.17) is 21.6 Å². The number of benzene rings is 1. The summed E-state index contributed by atoms with van der Waals surface area (Å²) in [6.07, 6.45) is 12.7. The van der Waals surface area contributed by atoms with Gasteiger partial charge in [0, 0.05) is 53.4 Å². The van der Waals surface area contributed by atoms with E-state index in [1.165, 1.54) is 24.1 Å². The summed E-state index contributed by atoms with van der Waals surface area (Å²) in [4.78, 5) is 16.6. The highest BCUT2D eigenvalue weighted by atomic mass is 35.5. The fourth-order valence-electron chi connectivity index (χ4n) is 4.45. The molecule has 0 radical (unpaired) electrons. The molecule has 0 bridgehead atoms. The molecule has 2 aliphatic rings. The minimum atomic E-state index is 0.531. The summed E-state index contributed by atoms with van der Waals surface area (Å²) in [6.45, 7) is 2.03. The predicted octanol–water partition coefficient (Wildman–Crippen LogP) is 4.71. The molecule has 5 nitrogen and oxygen atoms in total. The SMILES string of the molecule is Clc1cccc(-c2nc3c(c(N4CCC(n5ccnc5)CC4)n2)CCCC3)c1. The summed E-state index contributed by atoms with van der Waals surface area (Å²) in [5, 5.41) is 0.724. The van der Waals surface area contributed by atoms with Gasteiger partial charge in [-0.2, -0.15) is 0 Å². The number of hydrogen-bond acceptors (Lipinski definition) is 4. The predicted molar refractivity (Wildman–Crippen MR) is 112 cm³/mol. The van der Waals surface area contributed by atoms with E-state index in [2.05, 4.69) is 20.6 Å². The Hall–Kier alpha value is -2.40. The van der Waals surface area contributed by atoms with Crippen LogP contribution in [0.25, 0.3) is 11.4 Å². The lowest BCUT2D eigenvalue weighted by atomic mass is 9.95. The molecular weight excluding hydrogens is 370 g/mol. The van der Waals surface area contributed by atoms with Gasteiger partial charge in [0.25, 0.3) is 0 Å². The largest absolute Gasteiger partial charge is 0.356 e. The molecule has 1 fully saturated rings. The number of aryl methyl sites for hydroxylation is 1. The van der Waals surface area contributed by atoms with E-state index in [1.54, 1.807) is 0 Å². The summed E-state index contributed by atoms with van der Waals surface area (Å²) in [6, 6.07) is 8.40. The van der Waals surface area contributed by atoms with Crippen LogP contribution in [0.2, 0.25) is 5.02 Å². The van der Waals surface area contributed by atoms with Gasteiger partial charge in [-0.15, -0.1) is 0 Å². The molecule has 0 spiro atoms. The standard InChI is InChI=1S/C22H24ClN5/c23-17-5-3-4-16(14-17)21-25-20-7-2-1-6-19(20)22(26-21)27-11-8-18(9-12-27)28-13-10-24-15-28/h3-5,10,13-15,18H,1-2,6-9,11-12H2. The number of piperidine rings is 1. The first-order valence-corrected chi connectivity index (χ1v) is 10.5. The maximum absolute atomic E-state index is 6.22. The molecule has 1 aromatic carbocycles. The second-order valence-corrected chi connectivity index (χ2v) is 8.18. The number of imidazole rings is 1.